The predicted molar refractivity (Wildman–Crippen MR) is 80.3 cm³/mol. The summed E-state index contributed by atoms with van der Waals surface area (Å²) >= 11 is 0. The number of hydrogen-bond acceptors (Lipinski definition) is 2. The van der Waals surface area contributed by atoms with Crippen molar-refractivity contribution in [2.24, 2.45) is 0 Å². The Morgan fingerprint density at radius 3 is 2.15 bits per heavy atom. The Kier molecular flexibility index (Phi) is 4.15. The van der Waals surface area contributed by atoms with Gasteiger partial charge in [0.15, 0.2) is 5.78 Å². The highest BCUT2D eigenvalue weighted by Gasteiger charge is 2.04. The number of carbonyl (C=O) groups excluding carboxylic acids is 2. The number of rotatable bonds is 3. The molecule has 0 spiro atoms. The van der Waals surface area contributed by atoms with Crippen LogP contribution < -0.4 is 10.6 Å². The number of amides is 2. The summed E-state index contributed by atoms with van der Waals surface area (Å²) in [5.74, 6) is 0.000706. The maximum absolute atomic E-state index is 11.8. The zero-order valence-corrected chi connectivity index (χ0v) is 11.4. The topological polar surface area (TPSA) is 58.2 Å². The number of carbonyl (C=O) groups is 2. The van der Waals surface area contributed by atoms with Gasteiger partial charge in [0, 0.05) is 16.9 Å². The largest absolute Gasteiger partial charge is 0.323 e. The molecule has 102 valence electrons. The van der Waals surface area contributed by atoms with Crippen molar-refractivity contribution in [2.45, 2.75) is 13.8 Å². The Bertz CT molecular complexity index is 633. The normalized spacial score (nSPS) is 9.90. The number of anilines is 2. The molecule has 0 bridgehead atoms. The van der Waals surface area contributed by atoms with E-state index in [1.165, 1.54) is 6.92 Å². The third kappa shape index (κ3) is 3.68. The third-order valence-electron chi connectivity index (χ3n) is 2.83. The van der Waals surface area contributed by atoms with E-state index in [0.29, 0.717) is 11.3 Å². The second-order valence-electron chi connectivity index (χ2n) is 4.58. The molecule has 2 rings (SSSR count). The van der Waals surface area contributed by atoms with E-state index in [-0.39, 0.29) is 11.8 Å². The summed E-state index contributed by atoms with van der Waals surface area (Å²) in [5.41, 5.74) is 3.08. The average molecular weight is 268 g/mol. The Morgan fingerprint density at radius 1 is 0.900 bits per heavy atom. The van der Waals surface area contributed by atoms with E-state index < -0.39 is 0 Å². The van der Waals surface area contributed by atoms with E-state index in [2.05, 4.69) is 10.6 Å². The van der Waals surface area contributed by atoms with Crippen LogP contribution in [0, 0.1) is 6.92 Å². The molecule has 4 nitrogen and oxygen atoms in total. The van der Waals surface area contributed by atoms with E-state index in [9.17, 15) is 9.59 Å². The Morgan fingerprint density at radius 2 is 1.55 bits per heavy atom. The van der Waals surface area contributed by atoms with Crippen LogP contribution in [0.4, 0.5) is 16.2 Å². The van der Waals surface area contributed by atoms with Crippen LogP contribution in [0.5, 0.6) is 0 Å². The zero-order valence-electron chi connectivity index (χ0n) is 11.4. The van der Waals surface area contributed by atoms with Crippen molar-refractivity contribution in [2.75, 3.05) is 10.6 Å². The fourth-order valence-electron chi connectivity index (χ4n) is 1.80. The molecular formula is C16H16N2O2. The lowest BCUT2D eigenvalue weighted by Gasteiger charge is -2.08. The standard InChI is InChI=1S/C16H16N2O2/c1-11-4-3-5-15(10-11)18-16(20)17-14-8-6-13(7-9-14)12(2)19/h3-10H,1-2H3,(H2,17,18,20). The first-order valence-corrected chi connectivity index (χ1v) is 6.30. The number of aryl methyl sites for hydroxylation is 1. The van der Waals surface area contributed by atoms with Crippen LogP contribution in [0.3, 0.4) is 0 Å². The fraction of sp³-hybridized carbons (Fsp3) is 0.125. The molecule has 0 atom stereocenters. The number of ketones is 1. The zero-order chi connectivity index (χ0) is 14.5. The molecule has 4 heteroatoms. The van der Waals surface area contributed by atoms with Crippen LogP contribution >= 0.6 is 0 Å². The van der Waals surface area contributed by atoms with Crippen LogP contribution in [-0.4, -0.2) is 11.8 Å². The smallest absolute Gasteiger partial charge is 0.308 e. The van der Waals surface area contributed by atoms with E-state index in [4.69, 9.17) is 0 Å². The second kappa shape index (κ2) is 6.02. The van der Waals surface area contributed by atoms with Crippen molar-refractivity contribution in [1.82, 2.24) is 0 Å². The number of nitrogens with one attached hydrogen (secondary N) is 2. The highest BCUT2D eigenvalue weighted by molar-refractivity contribution is 6.00. The van der Waals surface area contributed by atoms with Crippen LogP contribution in [0.2, 0.25) is 0 Å². The van der Waals surface area contributed by atoms with Gasteiger partial charge in [0.1, 0.15) is 0 Å². The molecule has 0 fully saturated rings. The quantitative estimate of drug-likeness (QED) is 0.831. The van der Waals surface area contributed by atoms with Crippen LogP contribution in [0.25, 0.3) is 0 Å². The van der Waals surface area contributed by atoms with Gasteiger partial charge in [-0.1, -0.05) is 12.1 Å². The minimum absolute atomic E-state index is 0.000706. The van der Waals surface area contributed by atoms with E-state index in [1.807, 2.05) is 31.2 Å². The lowest BCUT2D eigenvalue weighted by Crippen LogP contribution is -2.19. The van der Waals surface area contributed by atoms with Gasteiger partial charge in [-0.2, -0.15) is 0 Å². The number of urea groups is 1. The Hall–Kier alpha value is -2.62. The van der Waals surface area contributed by atoms with Crippen molar-refractivity contribution < 1.29 is 9.59 Å². The van der Waals surface area contributed by atoms with E-state index in [1.54, 1.807) is 24.3 Å². The monoisotopic (exact) mass is 268 g/mol. The fourth-order valence-corrected chi connectivity index (χ4v) is 1.80. The van der Waals surface area contributed by atoms with Crippen molar-refractivity contribution in [3.05, 3.63) is 59.7 Å². The van der Waals surface area contributed by atoms with Gasteiger partial charge in [-0.15, -0.1) is 0 Å². The first-order chi connectivity index (χ1) is 9.54. The van der Waals surface area contributed by atoms with Crippen molar-refractivity contribution in [3.8, 4) is 0 Å². The van der Waals surface area contributed by atoms with Crippen LogP contribution in [-0.2, 0) is 0 Å². The molecule has 0 aliphatic heterocycles. The molecule has 2 aromatic carbocycles. The number of Topliss-reactive ketones (excluding diaryl/α,β-unsaturated/α-hetero) is 1. The van der Waals surface area contributed by atoms with Crippen LogP contribution in [0.1, 0.15) is 22.8 Å². The molecule has 2 aromatic rings. The first-order valence-electron chi connectivity index (χ1n) is 6.30. The molecule has 0 heterocycles. The Balaban J connectivity index is 1.99. The predicted octanol–water partition coefficient (Wildman–Crippen LogP) is 3.84. The van der Waals surface area contributed by atoms with E-state index in [0.717, 1.165) is 11.3 Å². The summed E-state index contributed by atoms with van der Waals surface area (Å²) in [7, 11) is 0. The third-order valence-corrected chi connectivity index (χ3v) is 2.83. The van der Waals surface area contributed by atoms with Crippen molar-refractivity contribution >= 4 is 23.2 Å². The minimum Gasteiger partial charge on any atom is -0.308 e. The average Bonchev–Trinajstić information content (AvgIpc) is 2.39. The summed E-state index contributed by atoms with van der Waals surface area (Å²) in [4.78, 5) is 23.0. The summed E-state index contributed by atoms with van der Waals surface area (Å²) in [6.07, 6.45) is 0. The van der Waals surface area contributed by atoms with Gasteiger partial charge in [-0.25, -0.2) is 4.79 Å². The van der Waals surface area contributed by atoms with Crippen LogP contribution in [0.15, 0.2) is 48.5 Å². The minimum atomic E-state index is -0.314. The molecule has 0 saturated carbocycles. The maximum Gasteiger partial charge on any atom is 0.323 e. The molecule has 2 N–H and O–H groups in total. The molecule has 2 amide bonds. The number of benzene rings is 2. The summed E-state index contributed by atoms with van der Waals surface area (Å²) < 4.78 is 0. The van der Waals surface area contributed by atoms with Gasteiger partial charge in [-0.3, -0.25) is 4.79 Å². The van der Waals surface area contributed by atoms with Gasteiger partial charge >= 0.3 is 6.03 Å². The van der Waals surface area contributed by atoms with Gasteiger partial charge < -0.3 is 10.6 Å². The molecule has 0 radical (unpaired) electrons. The van der Waals surface area contributed by atoms with Crippen molar-refractivity contribution in [3.63, 3.8) is 0 Å². The van der Waals surface area contributed by atoms with Gasteiger partial charge in [0.25, 0.3) is 0 Å². The van der Waals surface area contributed by atoms with E-state index >= 15 is 0 Å². The number of hydrogen-bond donors (Lipinski definition) is 2. The molecule has 0 aliphatic rings. The highest BCUT2D eigenvalue weighted by Crippen LogP contribution is 2.12. The summed E-state index contributed by atoms with van der Waals surface area (Å²) in [5, 5.41) is 5.47. The highest BCUT2D eigenvalue weighted by atomic mass is 16.2. The Labute approximate surface area is 117 Å². The first kappa shape index (κ1) is 13.8. The summed E-state index contributed by atoms with van der Waals surface area (Å²) in [6.45, 7) is 3.47. The molecule has 0 aromatic heterocycles. The SMILES string of the molecule is CC(=O)c1ccc(NC(=O)Nc2cccc(C)c2)cc1. The lowest BCUT2D eigenvalue weighted by atomic mass is 10.1. The van der Waals surface area contributed by atoms with Gasteiger partial charge in [0.05, 0.1) is 0 Å². The molecule has 0 unspecified atom stereocenters. The maximum atomic E-state index is 11.8. The molecule has 0 aliphatic carbocycles. The van der Waals surface area contributed by atoms with Crippen molar-refractivity contribution in [1.29, 1.82) is 0 Å². The van der Waals surface area contributed by atoms with Gasteiger partial charge in [-0.05, 0) is 55.8 Å². The molecular weight excluding hydrogens is 252 g/mol. The summed E-state index contributed by atoms with van der Waals surface area (Å²) in [6, 6.07) is 14.0. The molecule has 20 heavy (non-hydrogen) atoms. The molecule has 0 saturated heterocycles. The van der Waals surface area contributed by atoms with Gasteiger partial charge in [0.2, 0.25) is 0 Å². The lowest BCUT2D eigenvalue weighted by molar-refractivity contribution is 0.101. The second-order valence-corrected chi connectivity index (χ2v) is 4.58.